The van der Waals surface area contributed by atoms with Crippen LogP contribution >= 0.6 is 0 Å². The molecule has 0 aliphatic rings. The van der Waals surface area contributed by atoms with E-state index >= 15 is 0 Å². The summed E-state index contributed by atoms with van der Waals surface area (Å²) in [4.78, 5) is 35.3. The summed E-state index contributed by atoms with van der Waals surface area (Å²) >= 11 is 0. The van der Waals surface area contributed by atoms with Crippen molar-refractivity contribution < 1.29 is 26.9 Å². The van der Waals surface area contributed by atoms with E-state index in [1.54, 1.807) is 9.97 Å². The standard InChI is InChI=1S/C12H4F5N3O4/c13-5-3(6(14)8(16)9(17)7(5)15)1-2-4-10(20(23)24)11(21)19-12(22)18-4/h1-2H,(H2,18,19,21,22)/b2-1+. The van der Waals surface area contributed by atoms with Crippen LogP contribution in [0.5, 0.6) is 0 Å². The first kappa shape index (κ1) is 17.1. The minimum atomic E-state index is -2.38. The third-order valence-corrected chi connectivity index (χ3v) is 2.79. The second-order valence-corrected chi connectivity index (χ2v) is 4.24. The summed E-state index contributed by atoms with van der Waals surface area (Å²) < 4.78 is 66.0. The molecule has 1 heterocycles. The number of nitrogens with zero attached hydrogens (tertiary/aromatic N) is 1. The number of H-pyrrole nitrogens is 2. The Balaban J connectivity index is 2.69. The number of hydrogen-bond donors (Lipinski definition) is 2. The Labute approximate surface area is 127 Å². The van der Waals surface area contributed by atoms with Gasteiger partial charge in [-0.3, -0.25) is 19.9 Å². The molecule has 7 nitrogen and oxygen atoms in total. The van der Waals surface area contributed by atoms with Crippen LogP contribution in [0.25, 0.3) is 12.2 Å². The van der Waals surface area contributed by atoms with Crippen molar-refractivity contribution in [1.82, 2.24) is 9.97 Å². The monoisotopic (exact) mass is 349 g/mol. The predicted octanol–water partition coefficient (Wildman–Crippen LogP) is 1.84. The molecule has 0 radical (unpaired) electrons. The highest BCUT2D eigenvalue weighted by Gasteiger charge is 2.25. The molecule has 0 atom stereocenters. The topological polar surface area (TPSA) is 109 Å². The van der Waals surface area contributed by atoms with Crippen molar-refractivity contribution in [2.75, 3.05) is 0 Å². The van der Waals surface area contributed by atoms with E-state index in [0.717, 1.165) is 0 Å². The third-order valence-electron chi connectivity index (χ3n) is 2.79. The van der Waals surface area contributed by atoms with Crippen LogP contribution in [-0.4, -0.2) is 14.9 Å². The number of aromatic amines is 2. The maximum atomic E-state index is 13.5. The summed E-state index contributed by atoms with van der Waals surface area (Å²) in [6.07, 6.45) is 0.765. The average molecular weight is 349 g/mol. The van der Waals surface area contributed by atoms with Gasteiger partial charge in [0.2, 0.25) is 5.82 Å². The van der Waals surface area contributed by atoms with Crippen LogP contribution in [0.2, 0.25) is 0 Å². The van der Waals surface area contributed by atoms with Crippen LogP contribution in [0.15, 0.2) is 9.59 Å². The number of hydrogen-bond acceptors (Lipinski definition) is 4. The second kappa shape index (κ2) is 6.06. The maximum absolute atomic E-state index is 13.5. The lowest BCUT2D eigenvalue weighted by Gasteiger charge is -2.04. The van der Waals surface area contributed by atoms with Crippen LogP contribution in [0.3, 0.4) is 0 Å². The molecule has 2 N–H and O–H groups in total. The van der Waals surface area contributed by atoms with Gasteiger partial charge < -0.3 is 4.98 Å². The minimum absolute atomic E-state index is 0.300. The van der Waals surface area contributed by atoms with E-state index in [-0.39, 0.29) is 0 Å². The van der Waals surface area contributed by atoms with Crippen molar-refractivity contribution in [3.05, 3.63) is 71.3 Å². The fourth-order valence-corrected chi connectivity index (χ4v) is 1.73. The summed E-state index contributed by atoms with van der Waals surface area (Å²) in [6.45, 7) is 0. The second-order valence-electron chi connectivity index (χ2n) is 4.24. The summed E-state index contributed by atoms with van der Waals surface area (Å²) in [5, 5.41) is 10.8. The Morgan fingerprint density at radius 2 is 1.33 bits per heavy atom. The molecule has 0 bridgehead atoms. The highest BCUT2D eigenvalue weighted by atomic mass is 19.2. The fourth-order valence-electron chi connectivity index (χ4n) is 1.73. The SMILES string of the molecule is O=c1[nH]c(/C=C/c2c(F)c(F)c(F)c(F)c2F)c([N+](=O)[O-])c(=O)[nH]1. The van der Waals surface area contributed by atoms with Gasteiger partial charge in [-0.05, 0) is 12.2 Å². The van der Waals surface area contributed by atoms with Crippen molar-refractivity contribution >= 4 is 17.8 Å². The Morgan fingerprint density at radius 1 is 0.833 bits per heavy atom. The molecule has 12 heteroatoms. The number of benzene rings is 1. The van der Waals surface area contributed by atoms with Crippen molar-refractivity contribution in [1.29, 1.82) is 0 Å². The smallest absolute Gasteiger partial charge is 0.301 e. The van der Waals surface area contributed by atoms with Gasteiger partial charge in [0.25, 0.3) is 0 Å². The summed E-state index contributed by atoms with van der Waals surface area (Å²) in [6, 6.07) is 0. The highest BCUT2D eigenvalue weighted by molar-refractivity contribution is 5.72. The normalized spacial score (nSPS) is 11.2. The summed E-state index contributed by atoms with van der Waals surface area (Å²) in [7, 11) is 0. The predicted molar refractivity (Wildman–Crippen MR) is 69.5 cm³/mol. The van der Waals surface area contributed by atoms with E-state index in [0.29, 0.717) is 12.2 Å². The Kier molecular flexibility index (Phi) is 4.31. The number of nitrogens with one attached hydrogen (secondary N) is 2. The average Bonchev–Trinajstić information content (AvgIpc) is 2.50. The van der Waals surface area contributed by atoms with E-state index < -0.39 is 62.2 Å². The molecule has 126 valence electrons. The van der Waals surface area contributed by atoms with Gasteiger partial charge in [-0.15, -0.1) is 0 Å². The Morgan fingerprint density at radius 3 is 1.83 bits per heavy atom. The minimum Gasteiger partial charge on any atom is -0.301 e. The molecular weight excluding hydrogens is 345 g/mol. The Bertz CT molecular complexity index is 966. The van der Waals surface area contributed by atoms with Gasteiger partial charge in [0.15, 0.2) is 23.3 Å². The van der Waals surface area contributed by atoms with E-state index in [9.17, 15) is 41.7 Å². The molecule has 0 aliphatic carbocycles. The van der Waals surface area contributed by atoms with Crippen LogP contribution < -0.4 is 11.2 Å². The quantitative estimate of drug-likeness (QED) is 0.290. The van der Waals surface area contributed by atoms with Gasteiger partial charge in [0.05, 0.1) is 10.5 Å². The first-order valence-corrected chi connectivity index (χ1v) is 5.85. The molecule has 2 rings (SSSR count). The van der Waals surface area contributed by atoms with Gasteiger partial charge >= 0.3 is 16.9 Å². The zero-order chi connectivity index (χ0) is 18.2. The lowest BCUT2D eigenvalue weighted by molar-refractivity contribution is -0.386. The van der Waals surface area contributed by atoms with Gasteiger partial charge in [-0.1, -0.05) is 0 Å². The molecule has 0 saturated carbocycles. The molecule has 0 saturated heterocycles. The first-order valence-electron chi connectivity index (χ1n) is 5.85. The largest absolute Gasteiger partial charge is 0.357 e. The summed E-state index contributed by atoms with van der Waals surface area (Å²) in [5.74, 6) is -11.2. The van der Waals surface area contributed by atoms with E-state index in [4.69, 9.17) is 0 Å². The lowest BCUT2D eigenvalue weighted by atomic mass is 10.1. The number of halogens is 5. The number of aromatic nitrogens is 2. The first-order chi connectivity index (χ1) is 11.1. The van der Waals surface area contributed by atoms with E-state index in [1.807, 2.05) is 0 Å². The van der Waals surface area contributed by atoms with E-state index in [2.05, 4.69) is 0 Å². The van der Waals surface area contributed by atoms with Crippen LogP contribution in [-0.2, 0) is 0 Å². The molecule has 24 heavy (non-hydrogen) atoms. The van der Waals surface area contributed by atoms with Crippen LogP contribution in [0.1, 0.15) is 11.3 Å². The molecule has 1 aromatic carbocycles. The fraction of sp³-hybridized carbons (Fsp3) is 0. The summed E-state index contributed by atoms with van der Waals surface area (Å²) in [5.41, 5.74) is -5.97. The molecule has 1 aromatic heterocycles. The van der Waals surface area contributed by atoms with Crippen molar-refractivity contribution in [3.8, 4) is 0 Å². The molecule has 0 aliphatic heterocycles. The van der Waals surface area contributed by atoms with E-state index in [1.165, 1.54) is 0 Å². The lowest BCUT2D eigenvalue weighted by Crippen LogP contribution is -2.25. The van der Waals surface area contributed by atoms with Gasteiger partial charge in [-0.25, -0.2) is 26.7 Å². The van der Waals surface area contributed by atoms with Crippen LogP contribution in [0, 0.1) is 39.2 Å². The molecular formula is C12H4F5N3O4. The maximum Gasteiger partial charge on any atom is 0.357 e. The molecule has 0 unspecified atom stereocenters. The van der Waals surface area contributed by atoms with Gasteiger partial charge in [0, 0.05) is 0 Å². The third kappa shape index (κ3) is 2.80. The number of nitro groups is 1. The highest BCUT2D eigenvalue weighted by Crippen LogP contribution is 2.25. The molecule has 2 aromatic rings. The molecule has 0 spiro atoms. The van der Waals surface area contributed by atoms with Gasteiger partial charge in [-0.2, -0.15) is 0 Å². The molecule has 0 amide bonds. The van der Waals surface area contributed by atoms with Crippen molar-refractivity contribution in [2.24, 2.45) is 0 Å². The van der Waals surface area contributed by atoms with Gasteiger partial charge in [0.1, 0.15) is 5.69 Å². The zero-order valence-corrected chi connectivity index (χ0v) is 11.1. The zero-order valence-electron chi connectivity index (χ0n) is 11.1. The van der Waals surface area contributed by atoms with Crippen molar-refractivity contribution in [2.45, 2.75) is 0 Å². The molecule has 0 fully saturated rings. The van der Waals surface area contributed by atoms with Crippen LogP contribution in [0.4, 0.5) is 27.6 Å². The Hall–Kier alpha value is -3.31. The number of rotatable bonds is 3. The van der Waals surface area contributed by atoms with Crippen molar-refractivity contribution in [3.63, 3.8) is 0 Å².